The highest BCUT2D eigenvalue weighted by atomic mass is 35.5. The van der Waals surface area contributed by atoms with Gasteiger partial charge in [-0.2, -0.15) is 4.98 Å². The van der Waals surface area contributed by atoms with Gasteiger partial charge in [0.2, 0.25) is 5.91 Å². The molecule has 2 atom stereocenters. The zero-order valence-corrected chi connectivity index (χ0v) is 14.3. The zero-order valence-electron chi connectivity index (χ0n) is 13.5. The van der Waals surface area contributed by atoms with Gasteiger partial charge in [0.15, 0.2) is 5.82 Å². The predicted molar refractivity (Wildman–Crippen MR) is 89.5 cm³/mol. The fraction of sp³-hybridized carbons (Fsp3) is 0.471. The van der Waals surface area contributed by atoms with Crippen molar-refractivity contribution >= 4 is 17.5 Å². The number of carbonyl (C=O) groups is 1. The van der Waals surface area contributed by atoms with Gasteiger partial charge < -0.3 is 14.6 Å². The van der Waals surface area contributed by atoms with Crippen molar-refractivity contribution in [2.24, 2.45) is 0 Å². The van der Waals surface area contributed by atoms with Crippen LogP contribution in [0.2, 0.25) is 5.02 Å². The Morgan fingerprint density at radius 2 is 2.21 bits per heavy atom. The van der Waals surface area contributed by atoms with E-state index in [1.807, 2.05) is 19.1 Å². The maximum Gasteiger partial charge on any atom is 0.257 e. The molecule has 24 heavy (non-hydrogen) atoms. The number of nitrogens with zero attached hydrogens (tertiary/aromatic N) is 2. The largest absolute Gasteiger partial charge is 0.378 e. The summed E-state index contributed by atoms with van der Waals surface area (Å²) in [7, 11) is 0. The van der Waals surface area contributed by atoms with E-state index in [-0.39, 0.29) is 18.1 Å². The number of rotatable bonds is 6. The maximum atomic E-state index is 12.0. The number of hydrogen-bond donors (Lipinski definition) is 1. The molecule has 1 fully saturated rings. The highest BCUT2D eigenvalue weighted by molar-refractivity contribution is 6.30. The van der Waals surface area contributed by atoms with Gasteiger partial charge in [-0.1, -0.05) is 16.8 Å². The molecule has 1 saturated heterocycles. The van der Waals surface area contributed by atoms with Crippen LogP contribution >= 0.6 is 11.6 Å². The maximum absolute atomic E-state index is 12.0. The van der Waals surface area contributed by atoms with Crippen LogP contribution in [0.1, 0.15) is 44.5 Å². The third kappa shape index (κ3) is 4.33. The lowest BCUT2D eigenvalue weighted by atomic mass is 10.1. The SMILES string of the molecule is C[C@@H](NC(=O)CC[C@@H]1CCCO1)c1noc(-c2ccc(Cl)cc2)n1. The van der Waals surface area contributed by atoms with Crippen LogP contribution in [0.15, 0.2) is 28.8 Å². The van der Waals surface area contributed by atoms with Crippen LogP contribution < -0.4 is 5.32 Å². The van der Waals surface area contributed by atoms with E-state index in [1.54, 1.807) is 12.1 Å². The summed E-state index contributed by atoms with van der Waals surface area (Å²) in [5.41, 5.74) is 0.787. The summed E-state index contributed by atoms with van der Waals surface area (Å²) >= 11 is 5.87. The molecule has 3 rings (SSSR count). The smallest absolute Gasteiger partial charge is 0.257 e. The highest BCUT2D eigenvalue weighted by Gasteiger charge is 2.19. The fourth-order valence-electron chi connectivity index (χ4n) is 2.66. The molecule has 1 aliphatic heterocycles. The number of carbonyl (C=O) groups excluding carboxylic acids is 1. The molecule has 1 aromatic carbocycles. The Morgan fingerprint density at radius 1 is 1.42 bits per heavy atom. The first kappa shape index (κ1) is 16.9. The third-order valence-corrected chi connectivity index (χ3v) is 4.27. The van der Waals surface area contributed by atoms with Crippen molar-refractivity contribution < 1.29 is 14.1 Å². The minimum atomic E-state index is -0.313. The van der Waals surface area contributed by atoms with Crippen LogP contribution in [-0.2, 0) is 9.53 Å². The summed E-state index contributed by atoms with van der Waals surface area (Å²) in [4.78, 5) is 16.4. The molecule has 2 aromatic rings. The first-order chi connectivity index (χ1) is 11.6. The van der Waals surface area contributed by atoms with Crippen LogP contribution in [0, 0.1) is 0 Å². The van der Waals surface area contributed by atoms with Crippen molar-refractivity contribution in [2.75, 3.05) is 6.61 Å². The van der Waals surface area contributed by atoms with Gasteiger partial charge in [-0.05, 0) is 50.5 Å². The molecular weight excluding hydrogens is 330 g/mol. The molecule has 0 saturated carbocycles. The van der Waals surface area contributed by atoms with Crippen molar-refractivity contribution in [1.82, 2.24) is 15.5 Å². The van der Waals surface area contributed by atoms with Crippen molar-refractivity contribution in [1.29, 1.82) is 0 Å². The van der Waals surface area contributed by atoms with E-state index < -0.39 is 0 Å². The van der Waals surface area contributed by atoms with Crippen LogP contribution in [-0.4, -0.2) is 28.8 Å². The average molecular weight is 350 g/mol. The van der Waals surface area contributed by atoms with Crippen molar-refractivity contribution in [3.63, 3.8) is 0 Å². The second-order valence-corrected chi connectivity index (χ2v) is 6.36. The molecule has 0 bridgehead atoms. The summed E-state index contributed by atoms with van der Waals surface area (Å²) in [5, 5.41) is 7.48. The average Bonchev–Trinajstić information content (AvgIpc) is 3.25. The number of nitrogens with one attached hydrogen (secondary N) is 1. The molecule has 2 heterocycles. The fourth-order valence-corrected chi connectivity index (χ4v) is 2.79. The van der Waals surface area contributed by atoms with Crippen LogP contribution in [0.25, 0.3) is 11.5 Å². The Bertz CT molecular complexity index is 681. The first-order valence-corrected chi connectivity index (χ1v) is 8.50. The minimum absolute atomic E-state index is 0.0316. The molecule has 7 heteroatoms. The Kier molecular flexibility index (Phi) is 5.48. The second kappa shape index (κ2) is 7.77. The molecule has 1 aromatic heterocycles. The van der Waals surface area contributed by atoms with E-state index >= 15 is 0 Å². The number of ether oxygens (including phenoxy) is 1. The second-order valence-electron chi connectivity index (χ2n) is 5.93. The molecule has 0 spiro atoms. The van der Waals surface area contributed by atoms with Crippen LogP contribution in [0.4, 0.5) is 0 Å². The van der Waals surface area contributed by atoms with E-state index in [2.05, 4.69) is 15.5 Å². The number of aromatic nitrogens is 2. The van der Waals surface area contributed by atoms with Gasteiger partial charge in [-0.25, -0.2) is 0 Å². The lowest BCUT2D eigenvalue weighted by molar-refractivity contribution is -0.122. The summed E-state index contributed by atoms with van der Waals surface area (Å²) in [6.45, 7) is 2.64. The van der Waals surface area contributed by atoms with E-state index in [4.69, 9.17) is 20.9 Å². The van der Waals surface area contributed by atoms with Crippen molar-refractivity contribution in [3.8, 4) is 11.5 Å². The van der Waals surface area contributed by atoms with Crippen LogP contribution in [0.5, 0.6) is 0 Å². The highest BCUT2D eigenvalue weighted by Crippen LogP contribution is 2.21. The zero-order chi connectivity index (χ0) is 16.9. The number of halogens is 1. The molecule has 0 radical (unpaired) electrons. The summed E-state index contributed by atoms with van der Waals surface area (Å²) < 4.78 is 10.8. The molecule has 128 valence electrons. The van der Waals surface area contributed by atoms with Gasteiger partial charge in [0, 0.05) is 23.6 Å². The van der Waals surface area contributed by atoms with Gasteiger partial charge >= 0.3 is 0 Å². The van der Waals surface area contributed by atoms with Crippen molar-refractivity contribution in [3.05, 3.63) is 35.1 Å². The third-order valence-electron chi connectivity index (χ3n) is 4.02. The number of amides is 1. The summed E-state index contributed by atoms with van der Waals surface area (Å²) in [6.07, 6.45) is 3.53. The predicted octanol–water partition coefficient (Wildman–Crippen LogP) is 3.53. The van der Waals surface area contributed by atoms with E-state index in [0.29, 0.717) is 23.2 Å². The molecule has 6 nitrogen and oxygen atoms in total. The minimum Gasteiger partial charge on any atom is -0.378 e. The number of benzene rings is 1. The quantitative estimate of drug-likeness (QED) is 0.863. The number of hydrogen-bond acceptors (Lipinski definition) is 5. The van der Waals surface area contributed by atoms with Gasteiger partial charge in [0.25, 0.3) is 5.89 Å². The Morgan fingerprint density at radius 3 is 2.92 bits per heavy atom. The molecular formula is C17H20ClN3O3. The lowest BCUT2D eigenvalue weighted by Gasteiger charge is -2.12. The standard InChI is InChI=1S/C17H20ClN3O3/c1-11(19-15(22)9-8-14-3-2-10-23-14)16-20-17(24-21-16)12-4-6-13(18)7-5-12/h4-7,11,14H,2-3,8-10H2,1H3,(H,19,22)/t11-,14+/m1/s1. The Balaban J connectivity index is 1.54. The molecule has 0 unspecified atom stereocenters. The Labute approximate surface area is 145 Å². The van der Waals surface area contributed by atoms with Crippen LogP contribution in [0.3, 0.4) is 0 Å². The topological polar surface area (TPSA) is 77.2 Å². The van der Waals surface area contributed by atoms with Gasteiger partial charge in [0.05, 0.1) is 12.1 Å². The van der Waals surface area contributed by atoms with Crippen molar-refractivity contribution in [2.45, 2.75) is 44.8 Å². The first-order valence-electron chi connectivity index (χ1n) is 8.12. The molecule has 1 N–H and O–H groups in total. The molecule has 1 amide bonds. The normalized spacial score (nSPS) is 18.5. The van der Waals surface area contributed by atoms with E-state index in [9.17, 15) is 4.79 Å². The summed E-state index contributed by atoms with van der Waals surface area (Å²) in [5.74, 6) is 0.823. The van der Waals surface area contributed by atoms with Gasteiger partial charge in [-0.15, -0.1) is 0 Å². The van der Waals surface area contributed by atoms with E-state index in [0.717, 1.165) is 31.4 Å². The van der Waals surface area contributed by atoms with Gasteiger partial charge in [-0.3, -0.25) is 4.79 Å². The van der Waals surface area contributed by atoms with E-state index in [1.165, 1.54) is 0 Å². The van der Waals surface area contributed by atoms with Gasteiger partial charge in [0.1, 0.15) is 0 Å². The summed E-state index contributed by atoms with van der Waals surface area (Å²) in [6, 6.07) is 6.83. The monoisotopic (exact) mass is 349 g/mol. The molecule has 1 aliphatic rings. The Hall–Kier alpha value is -1.92. The lowest BCUT2D eigenvalue weighted by Crippen LogP contribution is -2.28. The molecule has 0 aliphatic carbocycles.